The van der Waals surface area contributed by atoms with Crippen LogP contribution < -0.4 is 4.74 Å². The molecule has 2 aromatic carbocycles. The molecule has 0 unspecified atom stereocenters. The van der Waals surface area contributed by atoms with Crippen molar-refractivity contribution in [3.63, 3.8) is 0 Å². The number of hydrogen-bond donors (Lipinski definition) is 0. The van der Waals surface area contributed by atoms with Crippen LogP contribution in [-0.4, -0.2) is 22.4 Å². The van der Waals surface area contributed by atoms with Crippen molar-refractivity contribution in [2.24, 2.45) is 0 Å². The number of carbonyl (C=O) groups is 1. The Bertz CT molecular complexity index is 816. The number of rotatable bonds is 4. The zero-order valence-corrected chi connectivity index (χ0v) is 13.6. The van der Waals surface area contributed by atoms with E-state index in [-0.39, 0.29) is 10.3 Å². The molecule has 3 aromatic rings. The van der Waals surface area contributed by atoms with Crippen LogP contribution in [0.3, 0.4) is 0 Å². The van der Waals surface area contributed by atoms with Gasteiger partial charge in [0.25, 0.3) is 5.22 Å². The van der Waals surface area contributed by atoms with Gasteiger partial charge in [-0.1, -0.05) is 11.6 Å². The van der Waals surface area contributed by atoms with Crippen molar-refractivity contribution in [2.45, 2.75) is 5.22 Å². The molecule has 23 heavy (non-hydrogen) atoms. The van der Waals surface area contributed by atoms with E-state index in [1.54, 1.807) is 43.5 Å². The third-order valence-electron chi connectivity index (χ3n) is 3.00. The van der Waals surface area contributed by atoms with Crippen LogP contribution >= 0.6 is 23.4 Å². The summed E-state index contributed by atoms with van der Waals surface area (Å²) in [6.07, 6.45) is 0. The first-order valence-electron chi connectivity index (χ1n) is 6.61. The van der Waals surface area contributed by atoms with E-state index < -0.39 is 0 Å². The molecule has 0 N–H and O–H groups in total. The summed E-state index contributed by atoms with van der Waals surface area (Å²) in [5.74, 6) is 1.08. The highest BCUT2D eigenvalue weighted by molar-refractivity contribution is 8.14. The third-order valence-corrected chi connectivity index (χ3v) is 4.02. The number of hydrogen-bond acceptors (Lipinski definition) is 6. The SMILES string of the molecule is COc1ccc(-c2nnc(SC(=O)c3ccc(Cl)cc3)o2)cc1. The van der Waals surface area contributed by atoms with Crippen molar-refractivity contribution in [2.75, 3.05) is 7.11 Å². The second-order valence-electron chi connectivity index (χ2n) is 4.50. The van der Waals surface area contributed by atoms with Gasteiger partial charge >= 0.3 is 0 Å². The maximum atomic E-state index is 12.1. The number of thioether (sulfide) groups is 1. The summed E-state index contributed by atoms with van der Waals surface area (Å²) in [7, 11) is 1.60. The molecular formula is C16H11ClN2O3S. The van der Waals surface area contributed by atoms with Crippen LogP contribution in [0.15, 0.2) is 58.2 Å². The zero-order chi connectivity index (χ0) is 16.2. The van der Waals surface area contributed by atoms with Gasteiger partial charge < -0.3 is 9.15 Å². The van der Waals surface area contributed by atoms with Crippen LogP contribution in [0.4, 0.5) is 0 Å². The Hall–Kier alpha value is -2.31. The molecule has 0 saturated heterocycles. The Labute approximate surface area is 141 Å². The van der Waals surface area contributed by atoms with Gasteiger partial charge in [0.15, 0.2) is 0 Å². The van der Waals surface area contributed by atoms with Gasteiger partial charge in [0.2, 0.25) is 11.0 Å². The Kier molecular flexibility index (Phi) is 4.64. The summed E-state index contributed by atoms with van der Waals surface area (Å²) in [5.41, 5.74) is 1.27. The van der Waals surface area contributed by atoms with Gasteiger partial charge in [-0.05, 0) is 48.5 Å². The molecule has 0 atom stereocenters. The van der Waals surface area contributed by atoms with Crippen LogP contribution in [0.1, 0.15) is 10.4 Å². The lowest BCUT2D eigenvalue weighted by molar-refractivity contribution is 0.108. The van der Waals surface area contributed by atoms with Crippen molar-refractivity contribution in [3.05, 3.63) is 59.1 Å². The van der Waals surface area contributed by atoms with Crippen LogP contribution in [0.5, 0.6) is 5.75 Å². The van der Waals surface area contributed by atoms with Gasteiger partial charge in [-0.15, -0.1) is 10.2 Å². The molecule has 0 spiro atoms. The highest BCUT2D eigenvalue weighted by Crippen LogP contribution is 2.27. The molecule has 0 aliphatic heterocycles. The van der Waals surface area contributed by atoms with Crippen LogP contribution in [-0.2, 0) is 0 Å². The van der Waals surface area contributed by atoms with Crippen molar-refractivity contribution in [1.29, 1.82) is 0 Å². The summed E-state index contributed by atoms with van der Waals surface area (Å²) in [4.78, 5) is 12.1. The van der Waals surface area contributed by atoms with Crippen LogP contribution in [0, 0.1) is 0 Å². The lowest BCUT2D eigenvalue weighted by Crippen LogP contribution is -1.92. The molecule has 1 heterocycles. The Morgan fingerprint density at radius 3 is 2.43 bits per heavy atom. The lowest BCUT2D eigenvalue weighted by atomic mass is 10.2. The average molecular weight is 347 g/mol. The number of halogens is 1. The minimum Gasteiger partial charge on any atom is -0.497 e. The predicted octanol–water partition coefficient (Wildman–Crippen LogP) is 4.33. The molecule has 5 nitrogen and oxygen atoms in total. The van der Waals surface area contributed by atoms with Crippen molar-refractivity contribution >= 4 is 28.5 Å². The number of ether oxygens (including phenoxy) is 1. The first kappa shape index (κ1) is 15.6. The fourth-order valence-corrected chi connectivity index (χ4v) is 2.57. The van der Waals surface area contributed by atoms with E-state index in [1.807, 2.05) is 12.1 Å². The number of aromatic nitrogens is 2. The molecule has 0 fully saturated rings. The van der Waals surface area contributed by atoms with Gasteiger partial charge in [-0.25, -0.2) is 0 Å². The molecule has 0 aliphatic carbocycles. The summed E-state index contributed by atoms with van der Waals surface area (Å²) in [6, 6.07) is 13.8. The lowest BCUT2D eigenvalue weighted by Gasteiger charge is -1.99. The highest BCUT2D eigenvalue weighted by Gasteiger charge is 2.15. The van der Waals surface area contributed by atoms with Gasteiger partial charge in [0.05, 0.1) is 7.11 Å². The number of benzene rings is 2. The Morgan fingerprint density at radius 2 is 1.78 bits per heavy atom. The molecule has 0 bridgehead atoms. The Morgan fingerprint density at radius 1 is 1.09 bits per heavy atom. The smallest absolute Gasteiger partial charge is 0.284 e. The molecule has 1 aromatic heterocycles. The predicted molar refractivity (Wildman–Crippen MR) is 87.9 cm³/mol. The fourth-order valence-electron chi connectivity index (χ4n) is 1.83. The molecule has 116 valence electrons. The first-order valence-corrected chi connectivity index (χ1v) is 7.81. The summed E-state index contributed by atoms with van der Waals surface area (Å²) in [6.45, 7) is 0. The number of nitrogens with zero attached hydrogens (tertiary/aromatic N) is 2. The van der Waals surface area contributed by atoms with Crippen LogP contribution in [0.25, 0.3) is 11.5 Å². The summed E-state index contributed by atoms with van der Waals surface area (Å²) >= 11 is 6.68. The number of methoxy groups -OCH3 is 1. The molecular weight excluding hydrogens is 336 g/mol. The highest BCUT2D eigenvalue weighted by atomic mass is 35.5. The van der Waals surface area contributed by atoms with Gasteiger partial charge in [-0.3, -0.25) is 4.79 Å². The summed E-state index contributed by atoms with van der Waals surface area (Å²) in [5, 5.41) is 8.41. The second kappa shape index (κ2) is 6.85. The van der Waals surface area contributed by atoms with Gasteiger partial charge in [0, 0.05) is 27.9 Å². The van der Waals surface area contributed by atoms with E-state index in [9.17, 15) is 4.79 Å². The quantitative estimate of drug-likeness (QED) is 0.655. The van der Waals surface area contributed by atoms with E-state index in [0.717, 1.165) is 23.1 Å². The summed E-state index contributed by atoms with van der Waals surface area (Å²) < 4.78 is 10.6. The van der Waals surface area contributed by atoms with Gasteiger partial charge in [0.1, 0.15) is 5.75 Å². The normalized spacial score (nSPS) is 10.5. The van der Waals surface area contributed by atoms with Crippen molar-refractivity contribution < 1.29 is 13.9 Å². The topological polar surface area (TPSA) is 65.2 Å². The largest absolute Gasteiger partial charge is 0.497 e. The molecule has 0 aliphatic rings. The van der Waals surface area contributed by atoms with E-state index in [0.29, 0.717) is 16.5 Å². The first-order chi connectivity index (χ1) is 11.2. The van der Waals surface area contributed by atoms with E-state index in [2.05, 4.69) is 10.2 Å². The van der Waals surface area contributed by atoms with E-state index in [1.165, 1.54) is 0 Å². The zero-order valence-electron chi connectivity index (χ0n) is 12.0. The standard InChI is InChI=1S/C16H11ClN2O3S/c1-21-13-8-4-10(5-9-13)14-18-19-16(22-14)23-15(20)11-2-6-12(17)7-3-11/h2-9H,1H3. The minimum absolute atomic E-state index is 0.188. The van der Waals surface area contributed by atoms with E-state index in [4.69, 9.17) is 20.8 Å². The van der Waals surface area contributed by atoms with Crippen molar-refractivity contribution in [3.8, 4) is 17.2 Å². The molecule has 0 saturated carbocycles. The third kappa shape index (κ3) is 3.72. The average Bonchev–Trinajstić information content (AvgIpc) is 3.04. The van der Waals surface area contributed by atoms with Crippen LogP contribution in [0.2, 0.25) is 5.02 Å². The molecule has 0 amide bonds. The molecule has 0 radical (unpaired) electrons. The van der Waals surface area contributed by atoms with E-state index >= 15 is 0 Å². The molecule has 3 rings (SSSR count). The molecule has 7 heteroatoms. The second-order valence-corrected chi connectivity index (χ2v) is 5.86. The van der Waals surface area contributed by atoms with Crippen molar-refractivity contribution in [1.82, 2.24) is 10.2 Å². The maximum absolute atomic E-state index is 12.1. The maximum Gasteiger partial charge on any atom is 0.284 e. The Balaban J connectivity index is 1.73. The number of carbonyl (C=O) groups excluding carboxylic acids is 1. The van der Waals surface area contributed by atoms with Gasteiger partial charge in [-0.2, -0.15) is 0 Å². The monoisotopic (exact) mass is 346 g/mol. The minimum atomic E-state index is -0.188. The fraction of sp³-hybridized carbons (Fsp3) is 0.0625.